The van der Waals surface area contributed by atoms with Crippen LogP contribution in [0, 0.1) is 6.92 Å². The van der Waals surface area contributed by atoms with Gasteiger partial charge in [0.1, 0.15) is 0 Å². The largest absolute Gasteiger partial charge is 0.493 e. The fourth-order valence-electron chi connectivity index (χ4n) is 1.70. The Hall–Kier alpha value is -2.17. The summed E-state index contributed by atoms with van der Waals surface area (Å²) in [6.45, 7) is 2.72. The van der Waals surface area contributed by atoms with Gasteiger partial charge in [-0.3, -0.25) is 5.10 Å². The van der Waals surface area contributed by atoms with Crippen LogP contribution in [-0.2, 0) is 6.54 Å². The number of hydrogen-bond donors (Lipinski definition) is 2. The first-order valence-electron chi connectivity index (χ1n) is 5.69. The molecule has 0 saturated carbocycles. The summed E-state index contributed by atoms with van der Waals surface area (Å²) in [5.74, 6) is 1.44. The fourth-order valence-corrected chi connectivity index (χ4v) is 1.70. The summed E-state index contributed by atoms with van der Waals surface area (Å²) in [5.41, 5.74) is 3.20. The van der Waals surface area contributed by atoms with Gasteiger partial charge in [0, 0.05) is 29.6 Å². The minimum absolute atomic E-state index is 0.714. The van der Waals surface area contributed by atoms with Gasteiger partial charge in [-0.25, -0.2) is 0 Å². The number of nitrogens with one attached hydrogen (secondary N) is 2. The number of benzene rings is 1. The number of H-pyrrole nitrogens is 1. The van der Waals surface area contributed by atoms with Gasteiger partial charge < -0.3 is 14.8 Å². The molecule has 2 rings (SSSR count). The van der Waals surface area contributed by atoms with E-state index in [0.717, 1.165) is 29.2 Å². The summed E-state index contributed by atoms with van der Waals surface area (Å²) in [4.78, 5) is 0. The third kappa shape index (κ3) is 2.56. The van der Waals surface area contributed by atoms with Gasteiger partial charge in [0.05, 0.1) is 20.4 Å². The van der Waals surface area contributed by atoms with Crippen molar-refractivity contribution in [3.05, 3.63) is 35.7 Å². The first kappa shape index (κ1) is 12.3. The Labute approximate surface area is 106 Å². The Bertz CT molecular complexity index is 523. The minimum Gasteiger partial charge on any atom is -0.493 e. The average Bonchev–Trinajstić information content (AvgIpc) is 2.81. The zero-order valence-electron chi connectivity index (χ0n) is 10.8. The number of methoxy groups -OCH3 is 2. The highest BCUT2D eigenvalue weighted by molar-refractivity contribution is 5.54. The van der Waals surface area contributed by atoms with E-state index in [2.05, 4.69) is 15.5 Å². The highest BCUT2D eigenvalue weighted by Gasteiger charge is 2.05. The quantitative estimate of drug-likeness (QED) is 0.851. The maximum absolute atomic E-state index is 5.25. The molecule has 1 aromatic carbocycles. The van der Waals surface area contributed by atoms with Crippen molar-refractivity contribution in [1.29, 1.82) is 0 Å². The van der Waals surface area contributed by atoms with Crippen LogP contribution in [-0.4, -0.2) is 24.4 Å². The fraction of sp³-hybridized carbons (Fsp3) is 0.308. The van der Waals surface area contributed by atoms with Gasteiger partial charge in [0.15, 0.2) is 11.5 Å². The Kier molecular flexibility index (Phi) is 3.72. The molecular formula is C13H17N3O2. The summed E-state index contributed by atoms with van der Waals surface area (Å²) in [7, 11) is 3.25. The third-order valence-electron chi connectivity index (χ3n) is 2.80. The lowest BCUT2D eigenvalue weighted by molar-refractivity contribution is 0.355. The molecule has 0 fully saturated rings. The number of hydrogen-bond acceptors (Lipinski definition) is 4. The summed E-state index contributed by atoms with van der Waals surface area (Å²) in [6.07, 6.45) is 1.82. The number of nitrogens with zero attached hydrogens (tertiary/aromatic N) is 1. The van der Waals surface area contributed by atoms with Crippen molar-refractivity contribution in [3.8, 4) is 11.5 Å². The van der Waals surface area contributed by atoms with Crippen LogP contribution in [0.5, 0.6) is 11.5 Å². The number of aromatic amines is 1. The molecular weight excluding hydrogens is 230 g/mol. The van der Waals surface area contributed by atoms with Crippen molar-refractivity contribution in [2.24, 2.45) is 0 Å². The maximum Gasteiger partial charge on any atom is 0.162 e. The van der Waals surface area contributed by atoms with Crippen LogP contribution >= 0.6 is 0 Å². The lowest BCUT2D eigenvalue weighted by Crippen LogP contribution is -2.00. The molecule has 5 nitrogen and oxygen atoms in total. The van der Waals surface area contributed by atoms with Gasteiger partial charge in [-0.2, -0.15) is 5.10 Å². The predicted molar refractivity (Wildman–Crippen MR) is 70.2 cm³/mol. The second-order valence-electron chi connectivity index (χ2n) is 3.94. The molecule has 0 amide bonds. The molecule has 0 aliphatic carbocycles. The molecule has 0 bridgehead atoms. The van der Waals surface area contributed by atoms with Crippen LogP contribution in [0.15, 0.2) is 24.4 Å². The first-order chi connectivity index (χ1) is 8.74. The molecule has 1 aromatic heterocycles. The average molecular weight is 247 g/mol. The molecule has 0 spiro atoms. The van der Waals surface area contributed by atoms with Crippen LogP contribution in [0.25, 0.3) is 0 Å². The van der Waals surface area contributed by atoms with Crippen LogP contribution in [0.4, 0.5) is 5.69 Å². The molecule has 2 N–H and O–H groups in total. The number of aromatic nitrogens is 2. The third-order valence-corrected chi connectivity index (χ3v) is 2.80. The molecule has 0 saturated heterocycles. The lowest BCUT2D eigenvalue weighted by atomic mass is 10.2. The predicted octanol–water partition coefficient (Wildman–Crippen LogP) is 2.35. The van der Waals surface area contributed by atoms with Crippen LogP contribution in [0.1, 0.15) is 11.3 Å². The van der Waals surface area contributed by atoms with Crippen molar-refractivity contribution in [2.75, 3.05) is 19.5 Å². The second kappa shape index (κ2) is 5.44. The van der Waals surface area contributed by atoms with Gasteiger partial charge in [0.25, 0.3) is 0 Å². The van der Waals surface area contributed by atoms with E-state index >= 15 is 0 Å². The molecule has 0 unspecified atom stereocenters. The zero-order chi connectivity index (χ0) is 13.0. The molecule has 18 heavy (non-hydrogen) atoms. The van der Waals surface area contributed by atoms with E-state index < -0.39 is 0 Å². The molecule has 96 valence electrons. The van der Waals surface area contributed by atoms with Crippen molar-refractivity contribution in [3.63, 3.8) is 0 Å². The van der Waals surface area contributed by atoms with Gasteiger partial charge >= 0.3 is 0 Å². The van der Waals surface area contributed by atoms with E-state index in [1.807, 2.05) is 31.3 Å². The van der Waals surface area contributed by atoms with Gasteiger partial charge in [0.2, 0.25) is 0 Å². The topological polar surface area (TPSA) is 59.2 Å². The normalized spacial score (nSPS) is 10.2. The Morgan fingerprint density at radius 2 is 2.00 bits per heavy atom. The summed E-state index contributed by atoms with van der Waals surface area (Å²) < 4.78 is 10.4. The summed E-state index contributed by atoms with van der Waals surface area (Å²) >= 11 is 0. The van der Waals surface area contributed by atoms with Gasteiger partial charge in [-0.15, -0.1) is 0 Å². The Morgan fingerprint density at radius 1 is 1.22 bits per heavy atom. The lowest BCUT2D eigenvalue weighted by Gasteiger charge is -2.11. The summed E-state index contributed by atoms with van der Waals surface area (Å²) in [6, 6.07) is 5.74. The highest BCUT2D eigenvalue weighted by atomic mass is 16.5. The standard InChI is InChI=1S/C13H17N3O2/c1-9-10(8-15-16-9)7-14-11-4-5-12(17-2)13(6-11)18-3/h4-6,8,14H,7H2,1-3H3,(H,15,16). The van der Waals surface area contributed by atoms with Crippen LogP contribution in [0.3, 0.4) is 0 Å². The molecule has 0 atom stereocenters. The SMILES string of the molecule is COc1ccc(NCc2cn[nH]c2C)cc1OC. The molecule has 5 heteroatoms. The van der Waals surface area contributed by atoms with Crippen LogP contribution < -0.4 is 14.8 Å². The molecule has 1 heterocycles. The monoisotopic (exact) mass is 247 g/mol. The van der Waals surface area contributed by atoms with Crippen LogP contribution in [0.2, 0.25) is 0 Å². The van der Waals surface area contributed by atoms with Crippen molar-refractivity contribution in [1.82, 2.24) is 10.2 Å². The van der Waals surface area contributed by atoms with E-state index in [4.69, 9.17) is 9.47 Å². The molecule has 0 aliphatic heterocycles. The second-order valence-corrected chi connectivity index (χ2v) is 3.94. The number of anilines is 1. The molecule has 2 aromatic rings. The molecule has 0 radical (unpaired) electrons. The first-order valence-corrected chi connectivity index (χ1v) is 5.69. The highest BCUT2D eigenvalue weighted by Crippen LogP contribution is 2.29. The minimum atomic E-state index is 0.714. The van der Waals surface area contributed by atoms with Crippen molar-refractivity contribution < 1.29 is 9.47 Å². The Morgan fingerprint density at radius 3 is 2.61 bits per heavy atom. The van der Waals surface area contributed by atoms with E-state index in [0.29, 0.717) is 5.75 Å². The van der Waals surface area contributed by atoms with E-state index in [1.165, 1.54) is 0 Å². The van der Waals surface area contributed by atoms with E-state index in [9.17, 15) is 0 Å². The number of ether oxygens (including phenoxy) is 2. The number of rotatable bonds is 5. The van der Waals surface area contributed by atoms with Gasteiger partial charge in [-0.1, -0.05) is 0 Å². The smallest absolute Gasteiger partial charge is 0.162 e. The zero-order valence-corrected chi connectivity index (χ0v) is 10.8. The Balaban J connectivity index is 2.08. The van der Waals surface area contributed by atoms with Crippen molar-refractivity contribution >= 4 is 5.69 Å². The van der Waals surface area contributed by atoms with Crippen molar-refractivity contribution in [2.45, 2.75) is 13.5 Å². The maximum atomic E-state index is 5.25. The number of aryl methyl sites for hydroxylation is 1. The van der Waals surface area contributed by atoms with E-state index in [-0.39, 0.29) is 0 Å². The molecule has 0 aliphatic rings. The van der Waals surface area contributed by atoms with Gasteiger partial charge in [-0.05, 0) is 19.1 Å². The van der Waals surface area contributed by atoms with E-state index in [1.54, 1.807) is 14.2 Å². The summed E-state index contributed by atoms with van der Waals surface area (Å²) in [5, 5.41) is 10.2.